The highest BCUT2D eigenvalue weighted by Crippen LogP contribution is 2.28. The second-order valence-electron chi connectivity index (χ2n) is 6.55. The summed E-state index contributed by atoms with van der Waals surface area (Å²) < 4.78 is 18.8. The van der Waals surface area contributed by atoms with Gasteiger partial charge in [0.1, 0.15) is 5.82 Å². The van der Waals surface area contributed by atoms with Gasteiger partial charge in [0.15, 0.2) is 5.96 Å². The van der Waals surface area contributed by atoms with Crippen LogP contribution in [0.4, 0.5) is 4.39 Å². The van der Waals surface area contributed by atoms with Crippen LogP contribution in [0.25, 0.3) is 10.9 Å². The number of nitrogens with one attached hydrogen (secondary N) is 3. The van der Waals surface area contributed by atoms with Gasteiger partial charge in [0, 0.05) is 50.5 Å². The summed E-state index contributed by atoms with van der Waals surface area (Å²) in [6.45, 7) is 3.33. The lowest BCUT2D eigenvalue weighted by Gasteiger charge is -2.11. The van der Waals surface area contributed by atoms with Crippen molar-refractivity contribution in [2.24, 2.45) is 10.9 Å². The number of benzene rings is 1. The van der Waals surface area contributed by atoms with Gasteiger partial charge in [-0.15, -0.1) is 24.0 Å². The number of nitrogens with zero attached hydrogens (tertiary/aromatic N) is 1. The molecule has 3 rings (SSSR count). The highest BCUT2D eigenvalue weighted by Gasteiger charge is 2.20. The minimum absolute atomic E-state index is 0. The second kappa shape index (κ2) is 10.7. The van der Waals surface area contributed by atoms with Gasteiger partial charge in [-0.05, 0) is 55.4 Å². The zero-order valence-electron chi connectivity index (χ0n) is 15.2. The monoisotopic (exact) mass is 474 g/mol. The fourth-order valence-electron chi connectivity index (χ4n) is 2.82. The van der Waals surface area contributed by atoms with E-state index in [2.05, 4.69) is 20.6 Å². The van der Waals surface area contributed by atoms with Crippen LogP contribution in [0.1, 0.15) is 24.8 Å². The van der Waals surface area contributed by atoms with Crippen LogP contribution < -0.4 is 10.6 Å². The summed E-state index contributed by atoms with van der Waals surface area (Å²) in [5.41, 5.74) is 2.01. The molecule has 7 heteroatoms. The normalized spacial score (nSPS) is 14.3. The highest BCUT2D eigenvalue weighted by molar-refractivity contribution is 14.0. The van der Waals surface area contributed by atoms with Gasteiger partial charge in [0.05, 0.1) is 0 Å². The Balaban J connectivity index is 0.00000243. The molecule has 1 aliphatic rings. The van der Waals surface area contributed by atoms with Crippen molar-refractivity contribution < 1.29 is 9.13 Å². The SMILES string of the molecule is CN=C(NCCCOCC1CC1)NCCc1c[nH]c2cc(F)ccc12.I. The maximum atomic E-state index is 13.2. The largest absolute Gasteiger partial charge is 0.381 e. The Hall–Kier alpha value is -1.35. The van der Waals surface area contributed by atoms with E-state index in [4.69, 9.17) is 4.74 Å². The summed E-state index contributed by atoms with van der Waals surface area (Å²) in [7, 11) is 1.77. The second-order valence-corrected chi connectivity index (χ2v) is 6.55. The maximum absolute atomic E-state index is 13.2. The number of rotatable bonds is 9. The van der Waals surface area contributed by atoms with E-state index in [0.717, 1.165) is 61.9 Å². The third-order valence-electron chi connectivity index (χ3n) is 4.45. The van der Waals surface area contributed by atoms with Gasteiger partial charge in [-0.25, -0.2) is 4.39 Å². The third-order valence-corrected chi connectivity index (χ3v) is 4.45. The zero-order valence-corrected chi connectivity index (χ0v) is 17.5. The molecule has 3 N–H and O–H groups in total. The lowest BCUT2D eigenvalue weighted by atomic mass is 10.1. The highest BCUT2D eigenvalue weighted by atomic mass is 127. The van der Waals surface area contributed by atoms with Gasteiger partial charge in [-0.2, -0.15) is 0 Å². The lowest BCUT2D eigenvalue weighted by molar-refractivity contribution is 0.123. The summed E-state index contributed by atoms with van der Waals surface area (Å²) in [6.07, 6.45) is 6.43. The standard InChI is InChI=1S/C19H27FN4O.HI/c1-21-19(22-8-2-10-25-13-14-3-4-14)23-9-7-15-12-24-18-11-16(20)5-6-17(15)18;/h5-6,11-12,14,24H,2-4,7-10,13H2,1H3,(H2,21,22,23);1H. The Kier molecular flexibility index (Phi) is 8.64. The molecule has 1 heterocycles. The molecule has 1 aliphatic carbocycles. The Morgan fingerprint density at radius 2 is 2.12 bits per heavy atom. The van der Waals surface area contributed by atoms with E-state index in [1.54, 1.807) is 7.05 Å². The van der Waals surface area contributed by atoms with Crippen LogP contribution in [0, 0.1) is 11.7 Å². The summed E-state index contributed by atoms with van der Waals surface area (Å²) in [5.74, 6) is 1.40. The molecule has 0 spiro atoms. The first kappa shape index (κ1) is 21.0. The number of aromatic amines is 1. The van der Waals surface area contributed by atoms with E-state index in [0.29, 0.717) is 0 Å². The van der Waals surface area contributed by atoms with Crippen molar-refractivity contribution in [2.75, 3.05) is 33.4 Å². The topological polar surface area (TPSA) is 61.4 Å². The van der Waals surface area contributed by atoms with E-state index in [-0.39, 0.29) is 29.8 Å². The van der Waals surface area contributed by atoms with Gasteiger partial charge in [-0.3, -0.25) is 4.99 Å². The number of aliphatic imine (C=N–C) groups is 1. The van der Waals surface area contributed by atoms with E-state index < -0.39 is 0 Å². The van der Waals surface area contributed by atoms with Crippen LogP contribution in [-0.4, -0.2) is 44.3 Å². The Morgan fingerprint density at radius 3 is 2.88 bits per heavy atom. The average molecular weight is 474 g/mol. The lowest BCUT2D eigenvalue weighted by Crippen LogP contribution is -2.39. The number of ether oxygens (including phenoxy) is 1. The molecule has 26 heavy (non-hydrogen) atoms. The van der Waals surface area contributed by atoms with Gasteiger partial charge < -0.3 is 20.4 Å². The molecule has 0 saturated heterocycles. The molecule has 0 unspecified atom stereocenters. The molecule has 0 atom stereocenters. The summed E-state index contributed by atoms with van der Waals surface area (Å²) in [5, 5.41) is 7.68. The maximum Gasteiger partial charge on any atom is 0.190 e. The first-order valence-electron chi connectivity index (χ1n) is 9.04. The molecule has 0 aliphatic heterocycles. The zero-order chi connectivity index (χ0) is 17.5. The molecule has 144 valence electrons. The minimum Gasteiger partial charge on any atom is -0.381 e. The van der Waals surface area contributed by atoms with E-state index >= 15 is 0 Å². The Morgan fingerprint density at radius 1 is 1.31 bits per heavy atom. The van der Waals surface area contributed by atoms with Gasteiger partial charge in [0.25, 0.3) is 0 Å². The molecule has 5 nitrogen and oxygen atoms in total. The van der Waals surface area contributed by atoms with Crippen LogP contribution in [0.5, 0.6) is 0 Å². The van der Waals surface area contributed by atoms with Crippen LogP contribution in [-0.2, 0) is 11.2 Å². The summed E-state index contributed by atoms with van der Waals surface area (Å²) in [4.78, 5) is 7.35. The van der Waals surface area contributed by atoms with Gasteiger partial charge >= 0.3 is 0 Å². The van der Waals surface area contributed by atoms with Gasteiger partial charge in [-0.1, -0.05) is 0 Å². The molecule has 0 bridgehead atoms. The molecule has 0 amide bonds. The first-order valence-corrected chi connectivity index (χ1v) is 9.04. The minimum atomic E-state index is -0.218. The molecular weight excluding hydrogens is 446 g/mol. The molecule has 2 aromatic rings. The molecule has 1 aromatic heterocycles. The summed E-state index contributed by atoms with van der Waals surface area (Å²) >= 11 is 0. The number of guanidine groups is 1. The molecule has 1 aromatic carbocycles. The van der Waals surface area contributed by atoms with Crippen molar-refractivity contribution in [3.8, 4) is 0 Å². The number of H-pyrrole nitrogens is 1. The van der Waals surface area contributed by atoms with Crippen molar-refractivity contribution in [1.82, 2.24) is 15.6 Å². The Labute approximate surface area is 171 Å². The van der Waals surface area contributed by atoms with Gasteiger partial charge in [0.2, 0.25) is 0 Å². The van der Waals surface area contributed by atoms with Crippen molar-refractivity contribution in [3.63, 3.8) is 0 Å². The van der Waals surface area contributed by atoms with Crippen molar-refractivity contribution in [3.05, 3.63) is 35.8 Å². The summed E-state index contributed by atoms with van der Waals surface area (Å²) in [6, 6.07) is 4.85. The molecule has 1 fully saturated rings. The fourth-order valence-corrected chi connectivity index (χ4v) is 2.82. The average Bonchev–Trinajstić information content (AvgIpc) is 3.36. The molecular formula is C19H28FIN4O. The van der Waals surface area contributed by atoms with Crippen molar-refractivity contribution >= 4 is 40.8 Å². The predicted molar refractivity (Wildman–Crippen MR) is 115 cm³/mol. The predicted octanol–water partition coefficient (Wildman–Crippen LogP) is 3.45. The number of hydrogen-bond acceptors (Lipinski definition) is 2. The van der Waals surface area contributed by atoms with Crippen molar-refractivity contribution in [1.29, 1.82) is 0 Å². The molecule has 1 saturated carbocycles. The Bertz CT molecular complexity index is 715. The van der Waals surface area contributed by atoms with Crippen LogP contribution in [0.15, 0.2) is 29.4 Å². The number of hydrogen-bond donors (Lipinski definition) is 3. The van der Waals surface area contributed by atoms with E-state index in [1.807, 2.05) is 12.3 Å². The smallest absolute Gasteiger partial charge is 0.190 e. The number of aromatic nitrogens is 1. The quantitative estimate of drug-likeness (QED) is 0.226. The van der Waals surface area contributed by atoms with Crippen LogP contribution in [0.3, 0.4) is 0 Å². The van der Waals surface area contributed by atoms with Crippen molar-refractivity contribution in [2.45, 2.75) is 25.7 Å². The number of halogens is 2. The fraction of sp³-hybridized carbons (Fsp3) is 0.526. The molecule has 0 radical (unpaired) electrons. The number of fused-ring (bicyclic) bond motifs is 1. The van der Waals surface area contributed by atoms with E-state index in [9.17, 15) is 4.39 Å². The third kappa shape index (κ3) is 6.42. The van der Waals surface area contributed by atoms with Crippen LogP contribution in [0.2, 0.25) is 0 Å². The van der Waals surface area contributed by atoms with Crippen LogP contribution >= 0.6 is 24.0 Å². The first-order chi connectivity index (χ1) is 12.3. The van der Waals surface area contributed by atoms with E-state index in [1.165, 1.54) is 30.5 Å².